The highest BCUT2D eigenvalue weighted by Crippen LogP contribution is 2.34. The fourth-order valence-electron chi connectivity index (χ4n) is 4.71. The van der Waals surface area contributed by atoms with Gasteiger partial charge in [0.15, 0.2) is 0 Å². The van der Waals surface area contributed by atoms with E-state index in [1.807, 2.05) is 4.90 Å². The van der Waals surface area contributed by atoms with E-state index in [1.54, 1.807) is 6.92 Å². The molecular weight excluding hydrogens is 465 g/mol. The third-order valence-electron chi connectivity index (χ3n) is 6.73. The molecule has 3 aromatic heterocycles. The first-order valence-corrected chi connectivity index (χ1v) is 12.0. The SMILES string of the molecule is Cc1nc2sc(C(=O)NC3CCc4nc(N5CC(N)C(CF)C5)cc(F)c4C3)c(N)c2cc1F. The molecule has 3 aromatic rings. The number of amides is 1. The summed E-state index contributed by atoms with van der Waals surface area (Å²) >= 11 is 1.11. The van der Waals surface area contributed by atoms with Crippen molar-refractivity contribution in [3.63, 3.8) is 0 Å². The van der Waals surface area contributed by atoms with Crippen molar-refractivity contribution in [2.24, 2.45) is 11.7 Å². The Balaban J connectivity index is 1.32. The monoisotopic (exact) mass is 490 g/mol. The van der Waals surface area contributed by atoms with Crippen molar-refractivity contribution in [3.8, 4) is 0 Å². The minimum atomic E-state index is -0.513. The van der Waals surface area contributed by atoms with Gasteiger partial charge >= 0.3 is 0 Å². The molecule has 1 aliphatic carbocycles. The number of anilines is 2. The van der Waals surface area contributed by atoms with Crippen molar-refractivity contribution in [1.82, 2.24) is 15.3 Å². The highest BCUT2D eigenvalue weighted by molar-refractivity contribution is 7.21. The molecule has 1 fully saturated rings. The van der Waals surface area contributed by atoms with Crippen LogP contribution in [0.1, 0.15) is 33.0 Å². The zero-order valence-electron chi connectivity index (χ0n) is 18.6. The average Bonchev–Trinajstić information content (AvgIpc) is 3.34. The van der Waals surface area contributed by atoms with E-state index in [2.05, 4.69) is 15.3 Å². The fourth-order valence-corrected chi connectivity index (χ4v) is 5.74. The first kappa shape index (κ1) is 22.9. The number of hydrogen-bond donors (Lipinski definition) is 3. The molecule has 1 saturated heterocycles. The Labute approximate surface area is 198 Å². The summed E-state index contributed by atoms with van der Waals surface area (Å²) < 4.78 is 42.0. The molecule has 34 heavy (non-hydrogen) atoms. The van der Waals surface area contributed by atoms with Gasteiger partial charge in [-0.1, -0.05) is 0 Å². The van der Waals surface area contributed by atoms with Gasteiger partial charge in [-0.3, -0.25) is 9.18 Å². The van der Waals surface area contributed by atoms with Crippen LogP contribution in [0.2, 0.25) is 0 Å². The molecule has 2 aliphatic rings. The Kier molecular flexibility index (Phi) is 5.85. The van der Waals surface area contributed by atoms with Gasteiger partial charge in [0.25, 0.3) is 5.91 Å². The van der Waals surface area contributed by atoms with Crippen molar-refractivity contribution in [2.45, 2.75) is 38.3 Å². The molecule has 7 nitrogen and oxygen atoms in total. The number of carbonyl (C=O) groups is 1. The predicted molar refractivity (Wildman–Crippen MR) is 126 cm³/mol. The lowest BCUT2D eigenvalue weighted by molar-refractivity contribution is 0.0938. The van der Waals surface area contributed by atoms with E-state index in [0.717, 1.165) is 11.3 Å². The second-order valence-electron chi connectivity index (χ2n) is 9.04. The second-order valence-corrected chi connectivity index (χ2v) is 10.0. The van der Waals surface area contributed by atoms with E-state index in [0.29, 0.717) is 59.6 Å². The van der Waals surface area contributed by atoms with Gasteiger partial charge in [0.05, 0.1) is 18.1 Å². The third-order valence-corrected chi connectivity index (χ3v) is 7.84. The molecule has 0 radical (unpaired) electrons. The summed E-state index contributed by atoms with van der Waals surface area (Å²) in [6.07, 6.45) is 1.37. The number of aromatic nitrogens is 2. The van der Waals surface area contributed by atoms with Crippen molar-refractivity contribution < 1.29 is 18.0 Å². The number of nitrogens with one attached hydrogen (secondary N) is 1. The number of halogens is 3. The first-order valence-electron chi connectivity index (χ1n) is 11.2. The summed E-state index contributed by atoms with van der Waals surface area (Å²) in [6, 6.07) is 2.05. The lowest BCUT2D eigenvalue weighted by atomic mass is 9.91. The molecule has 0 saturated carbocycles. The Morgan fingerprint density at radius 1 is 1.26 bits per heavy atom. The van der Waals surface area contributed by atoms with Crippen LogP contribution >= 0.6 is 11.3 Å². The van der Waals surface area contributed by atoms with Crippen LogP contribution in [-0.2, 0) is 12.8 Å². The molecule has 4 heterocycles. The van der Waals surface area contributed by atoms with Crippen LogP contribution in [0.25, 0.3) is 10.2 Å². The average molecular weight is 491 g/mol. The van der Waals surface area contributed by atoms with Gasteiger partial charge in [-0.15, -0.1) is 11.3 Å². The number of rotatable bonds is 4. The van der Waals surface area contributed by atoms with E-state index in [-0.39, 0.29) is 40.2 Å². The van der Waals surface area contributed by atoms with E-state index in [4.69, 9.17) is 11.5 Å². The Bertz CT molecular complexity index is 1280. The number of fused-ring (bicyclic) bond motifs is 2. The Morgan fingerprint density at radius 3 is 2.79 bits per heavy atom. The maximum atomic E-state index is 15.0. The molecule has 5 rings (SSSR count). The van der Waals surface area contributed by atoms with E-state index < -0.39 is 18.3 Å². The minimum absolute atomic E-state index is 0.188. The molecule has 0 spiro atoms. The number of carbonyl (C=O) groups excluding carboxylic acids is 1. The Hall–Kier alpha value is -2.92. The van der Waals surface area contributed by atoms with Gasteiger partial charge in [-0.05, 0) is 32.3 Å². The van der Waals surface area contributed by atoms with Gasteiger partial charge in [-0.25, -0.2) is 18.7 Å². The smallest absolute Gasteiger partial charge is 0.263 e. The zero-order chi connectivity index (χ0) is 24.1. The van der Waals surface area contributed by atoms with Crippen molar-refractivity contribution in [3.05, 3.63) is 45.6 Å². The van der Waals surface area contributed by atoms with Gasteiger partial charge < -0.3 is 21.7 Å². The number of pyridine rings is 2. The van der Waals surface area contributed by atoms with Crippen molar-refractivity contribution in [2.75, 3.05) is 30.4 Å². The maximum Gasteiger partial charge on any atom is 0.263 e. The van der Waals surface area contributed by atoms with Crippen molar-refractivity contribution in [1.29, 1.82) is 0 Å². The zero-order valence-corrected chi connectivity index (χ0v) is 19.4. The van der Waals surface area contributed by atoms with Crippen LogP contribution in [0.15, 0.2) is 12.1 Å². The summed E-state index contributed by atoms with van der Waals surface area (Å²) in [4.78, 5) is 24.3. The summed E-state index contributed by atoms with van der Waals surface area (Å²) in [5, 5.41) is 3.34. The van der Waals surface area contributed by atoms with Gasteiger partial charge in [-0.2, -0.15) is 0 Å². The van der Waals surface area contributed by atoms with Gasteiger partial charge in [0, 0.05) is 53.8 Å². The largest absolute Gasteiger partial charge is 0.397 e. The number of nitrogens with two attached hydrogens (primary N) is 2. The van der Waals surface area contributed by atoms with Crippen LogP contribution < -0.4 is 21.7 Å². The van der Waals surface area contributed by atoms with Crippen LogP contribution in [0, 0.1) is 24.5 Å². The lowest BCUT2D eigenvalue weighted by Crippen LogP contribution is -2.39. The van der Waals surface area contributed by atoms with Gasteiger partial charge in [0.1, 0.15) is 27.2 Å². The molecular formula is C23H25F3N6OS. The number of nitrogen functional groups attached to an aromatic ring is 1. The molecule has 0 bridgehead atoms. The van der Waals surface area contributed by atoms with Crippen LogP contribution in [0.4, 0.5) is 24.7 Å². The molecule has 1 amide bonds. The molecule has 3 unspecified atom stereocenters. The number of aryl methyl sites for hydroxylation is 2. The van der Waals surface area contributed by atoms with Crippen LogP contribution in [-0.4, -0.2) is 47.7 Å². The summed E-state index contributed by atoms with van der Waals surface area (Å²) in [6.45, 7) is 1.89. The third kappa shape index (κ3) is 3.96. The topological polar surface area (TPSA) is 110 Å². The predicted octanol–water partition coefficient (Wildman–Crippen LogP) is 2.88. The van der Waals surface area contributed by atoms with E-state index >= 15 is 4.39 Å². The molecule has 0 aromatic carbocycles. The number of alkyl halides is 1. The summed E-state index contributed by atoms with van der Waals surface area (Å²) in [7, 11) is 0. The highest BCUT2D eigenvalue weighted by Gasteiger charge is 2.33. The highest BCUT2D eigenvalue weighted by atomic mass is 32.1. The first-order chi connectivity index (χ1) is 16.2. The maximum absolute atomic E-state index is 15.0. The summed E-state index contributed by atoms with van der Waals surface area (Å²) in [5.74, 6) is -1.07. The standard InChI is InChI=1S/C23H25F3N6OS/c1-10-15(25)5-14-20(28)21(34-23(14)29-10)22(33)30-12-2-3-18-13(4-12)16(26)6-19(31-18)32-8-11(7-24)17(27)9-32/h5-6,11-12,17H,2-4,7-9,27-28H2,1H3,(H,30,33). The van der Waals surface area contributed by atoms with Gasteiger partial charge in [0.2, 0.25) is 0 Å². The van der Waals surface area contributed by atoms with E-state index in [1.165, 1.54) is 12.1 Å². The lowest BCUT2D eigenvalue weighted by Gasteiger charge is -2.27. The molecule has 11 heteroatoms. The number of thiophene rings is 1. The van der Waals surface area contributed by atoms with Crippen LogP contribution in [0.5, 0.6) is 0 Å². The minimum Gasteiger partial charge on any atom is -0.397 e. The Morgan fingerprint density at radius 2 is 2.06 bits per heavy atom. The molecule has 3 atom stereocenters. The second kappa shape index (κ2) is 8.70. The number of hydrogen-bond acceptors (Lipinski definition) is 7. The van der Waals surface area contributed by atoms with E-state index in [9.17, 15) is 13.6 Å². The van der Waals surface area contributed by atoms with Crippen LogP contribution in [0.3, 0.4) is 0 Å². The molecule has 180 valence electrons. The summed E-state index contributed by atoms with van der Waals surface area (Å²) in [5.41, 5.74) is 13.6. The van der Waals surface area contributed by atoms with Crippen molar-refractivity contribution >= 4 is 39.0 Å². The normalized spacial score (nSPS) is 22.3. The fraction of sp³-hybridized carbons (Fsp3) is 0.435. The molecule has 1 aliphatic heterocycles. The number of nitrogens with zero attached hydrogens (tertiary/aromatic N) is 3. The quantitative estimate of drug-likeness (QED) is 0.519. The molecule has 5 N–H and O–H groups in total.